The number of unbranched alkanes of at least 4 members (excludes halogenated alkanes) is 2. The predicted molar refractivity (Wildman–Crippen MR) is 76.1 cm³/mol. The molecule has 0 bridgehead atoms. The van der Waals surface area contributed by atoms with Crippen LogP contribution in [-0.4, -0.2) is 26.0 Å². The maximum absolute atomic E-state index is 11.8. The van der Waals surface area contributed by atoms with Crippen LogP contribution in [0.1, 0.15) is 37.1 Å². The summed E-state index contributed by atoms with van der Waals surface area (Å²) in [7, 11) is 1.75. The van der Waals surface area contributed by atoms with E-state index in [1.165, 1.54) is 5.56 Å². The SMILES string of the molecule is Cn1nnnc1CC(=O)CCCCCc1ccccc1. The van der Waals surface area contributed by atoms with Crippen LogP contribution in [0.3, 0.4) is 0 Å². The first kappa shape index (κ1) is 14.4. The number of rotatable bonds is 8. The second kappa shape index (κ2) is 7.53. The van der Waals surface area contributed by atoms with Gasteiger partial charge in [0.05, 0.1) is 6.42 Å². The fourth-order valence-corrected chi connectivity index (χ4v) is 2.14. The minimum atomic E-state index is 0.211. The summed E-state index contributed by atoms with van der Waals surface area (Å²) in [6, 6.07) is 10.4. The summed E-state index contributed by atoms with van der Waals surface area (Å²) in [4.78, 5) is 11.8. The van der Waals surface area contributed by atoms with Crippen LogP contribution < -0.4 is 0 Å². The standard InChI is InChI=1S/C15H20N4O/c1-19-15(16-17-18-19)12-14(20)11-7-3-6-10-13-8-4-2-5-9-13/h2,4-5,8-9H,3,6-7,10-12H2,1H3. The van der Waals surface area contributed by atoms with Crippen molar-refractivity contribution < 1.29 is 4.79 Å². The van der Waals surface area contributed by atoms with Gasteiger partial charge < -0.3 is 0 Å². The Balaban J connectivity index is 1.59. The lowest BCUT2D eigenvalue weighted by Crippen LogP contribution is -2.08. The van der Waals surface area contributed by atoms with Gasteiger partial charge in [-0.3, -0.25) is 4.79 Å². The number of aryl methyl sites for hydroxylation is 2. The summed E-state index contributed by atoms with van der Waals surface area (Å²) in [5, 5.41) is 11.1. The van der Waals surface area contributed by atoms with E-state index in [4.69, 9.17) is 0 Å². The molecule has 106 valence electrons. The molecule has 0 unspecified atom stereocenters. The lowest BCUT2D eigenvalue weighted by atomic mass is 10.0. The fraction of sp³-hybridized carbons (Fsp3) is 0.467. The van der Waals surface area contributed by atoms with Crippen LogP contribution in [0.4, 0.5) is 0 Å². The van der Waals surface area contributed by atoms with E-state index in [0.29, 0.717) is 18.7 Å². The Bertz CT molecular complexity index is 536. The average molecular weight is 272 g/mol. The van der Waals surface area contributed by atoms with Crippen molar-refractivity contribution in [3.05, 3.63) is 41.7 Å². The van der Waals surface area contributed by atoms with Gasteiger partial charge in [-0.1, -0.05) is 36.8 Å². The van der Waals surface area contributed by atoms with Crippen molar-refractivity contribution in [1.82, 2.24) is 20.2 Å². The molecule has 0 amide bonds. The Kier molecular flexibility index (Phi) is 5.41. The molecular weight excluding hydrogens is 252 g/mol. The minimum absolute atomic E-state index is 0.211. The van der Waals surface area contributed by atoms with Gasteiger partial charge in [-0.05, 0) is 35.3 Å². The zero-order valence-corrected chi connectivity index (χ0v) is 11.8. The molecule has 20 heavy (non-hydrogen) atoms. The summed E-state index contributed by atoms with van der Waals surface area (Å²) in [5.41, 5.74) is 1.36. The van der Waals surface area contributed by atoms with E-state index < -0.39 is 0 Å². The van der Waals surface area contributed by atoms with Gasteiger partial charge in [0, 0.05) is 13.5 Å². The van der Waals surface area contributed by atoms with Crippen LogP contribution in [0, 0.1) is 0 Å². The topological polar surface area (TPSA) is 60.7 Å². The third kappa shape index (κ3) is 4.57. The van der Waals surface area contributed by atoms with Crippen LogP contribution in [0.25, 0.3) is 0 Å². The third-order valence-electron chi connectivity index (χ3n) is 3.33. The second-order valence-electron chi connectivity index (χ2n) is 4.98. The fourth-order valence-electron chi connectivity index (χ4n) is 2.14. The molecule has 2 aromatic rings. The van der Waals surface area contributed by atoms with Gasteiger partial charge >= 0.3 is 0 Å². The van der Waals surface area contributed by atoms with Crippen LogP contribution >= 0.6 is 0 Å². The van der Waals surface area contributed by atoms with Gasteiger partial charge in [0.15, 0.2) is 5.82 Å². The average Bonchev–Trinajstić information content (AvgIpc) is 2.85. The van der Waals surface area contributed by atoms with Gasteiger partial charge in [-0.25, -0.2) is 4.68 Å². The van der Waals surface area contributed by atoms with Crippen molar-refractivity contribution in [3.63, 3.8) is 0 Å². The van der Waals surface area contributed by atoms with E-state index in [0.717, 1.165) is 25.7 Å². The number of benzene rings is 1. The largest absolute Gasteiger partial charge is 0.299 e. The predicted octanol–water partition coefficient (Wildman–Crippen LogP) is 2.12. The van der Waals surface area contributed by atoms with E-state index in [1.54, 1.807) is 11.7 Å². The number of ketones is 1. The molecular formula is C15H20N4O. The monoisotopic (exact) mass is 272 g/mol. The quantitative estimate of drug-likeness (QED) is 0.691. The molecule has 2 rings (SSSR count). The van der Waals surface area contributed by atoms with E-state index in [2.05, 4.69) is 39.8 Å². The van der Waals surface area contributed by atoms with Gasteiger partial charge in [-0.15, -0.1) is 5.10 Å². The lowest BCUT2D eigenvalue weighted by molar-refractivity contribution is -0.118. The minimum Gasteiger partial charge on any atom is -0.299 e. The Morgan fingerprint density at radius 1 is 1.15 bits per heavy atom. The first-order valence-electron chi connectivity index (χ1n) is 7.02. The smallest absolute Gasteiger partial charge is 0.158 e. The Hall–Kier alpha value is -2.04. The molecule has 0 aliphatic carbocycles. The van der Waals surface area contributed by atoms with E-state index in [9.17, 15) is 4.79 Å². The highest BCUT2D eigenvalue weighted by molar-refractivity contribution is 5.79. The maximum Gasteiger partial charge on any atom is 0.158 e. The summed E-state index contributed by atoms with van der Waals surface area (Å²) in [6.07, 6.45) is 5.18. The lowest BCUT2D eigenvalue weighted by Gasteiger charge is -2.02. The first-order valence-corrected chi connectivity index (χ1v) is 7.02. The molecule has 0 radical (unpaired) electrons. The summed E-state index contributed by atoms with van der Waals surface area (Å²) < 4.78 is 1.55. The summed E-state index contributed by atoms with van der Waals surface area (Å²) >= 11 is 0. The normalized spacial score (nSPS) is 10.7. The number of Topliss-reactive ketones (excluding diaryl/α,β-unsaturated/α-hetero) is 1. The number of tetrazole rings is 1. The molecule has 0 N–H and O–H groups in total. The number of hydrogen-bond acceptors (Lipinski definition) is 4. The van der Waals surface area contributed by atoms with E-state index >= 15 is 0 Å². The van der Waals surface area contributed by atoms with Gasteiger partial charge in [0.1, 0.15) is 5.78 Å². The molecule has 0 aliphatic rings. The molecule has 0 fully saturated rings. The highest BCUT2D eigenvalue weighted by Crippen LogP contribution is 2.08. The third-order valence-corrected chi connectivity index (χ3v) is 3.33. The molecule has 0 aliphatic heterocycles. The Morgan fingerprint density at radius 3 is 2.65 bits per heavy atom. The van der Waals surface area contributed by atoms with Crippen LogP contribution in [-0.2, 0) is 24.7 Å². The van der Waals surface area contributed by atoms with Crippen LogP contribution in [0.2, 0.25) is 0 Å². The molecule has 0 saturated heterocycles. The van der Waals surface area contributed by atoms with Crippen molar-refractivity contribution in [1.29, 1.82) is 0 Å². The summed E-state index contributed by atoms with van der Waals surface area (Å²) in [5.74, 6) is 0.849. The van der Waals surface area contributed by atoms with Crippen LogP contribution in [0.5, 0.6) is 0 Å². The van der Waals surface area contributed by atoms with Crippen molar-refractivity contribution in [2.45, 2.75) is 38.5 Å². The van der Waals surface area contributed by atoms with Crippen molar-refractivity contribution in [2.75, 3.05) is 0 Å². The van der Waals surface area contributed by atoms with Gasteiger partial charge in [0.25, 0.3) is 0 Å². The van der Waals surface area contributed by atoms with Gasteiger partial charge in [0.2, 0.25) is 0 Å². The Morgan fingerprint density at radius 2 is 1.95 bits per heavy atom. The zero-order chi connectivity index (χ0) is 14.2. The number of carbonyl (C=O) groups excluding carboxylic acids is 1. The summed E-state index contributed by atoms with van der Waals surface area (Å²) in [6.45, 7) is 0. The zero-order valence-electron chi connectivity index (χ0n) is 11.8. The second-order valence-corrected chi connectivity index (χ2v) is 4.98. The van der Waals surface area contributed by atoms with Gasteiger partial charge in [-0.2, -0.15) is 0 Å². The number of nitrogens with zero attached hydrogens (tertiary/aromatic N) is 4. The number of hydrogen-bond donors (Lipinski definition) is 0. The molecule has 0 saturated carbocycles. The molecule has 0 atom stereocenters. The number of carbonyl (C=O) groups is 1. The first-order chi connectivity index (χ1) is 9.75. The maximum atomic E-state index is 11.8. The highest BCUT2D eigenvalue weighted by Gasteiger charge is 2.08. The van der Waals surface area contributed by atoms with E-state index in [1.807, 2.05) is 6.07 Å². The molecule has 1 heterocycles. The molecule has 0 spiro atoms. The number of aromatic nitrogens is 4. The van der Waals surface area contributed by atoms with E-state index in [-0.39, 0.29) is 5.78 Å². The molecule has 5 nitrogen and oxygen atoms in total. The van der Waals surface area contributed by atoms with Crippen molar-refractivity contribution in [3.8, 4) is 0 Å². The molecule has 1 aromatic carbocycles. The van der Waals surface area contributed by atoms with Crippen molar-refractivity contribution in [2.24, 2.45) is 7.05 Å². The molecule has 1 aromatic heterocycles. The highest BCUT2D eigenvalue weighted by atomic mass is 16.1. The molecule has 5 heteroatoms. The van der Waals surface area contributed by atoms with Crippen molar-refractivity contribution >= 4 is 5.78 Å². The van der Waals surface area contributed by atoms with Crippen LogP contribution in [0.15, 0.2) is 30.3 Å². The Labute approximate surface area is 119 Å².